The number of hydrogen-bond acceptors (Lipinski definition) is 3. The predicted octanol–water partition coefficient (Wildman–Crippen LogP) is 5.47. The first-order chi connectivity index (χ1) is 13.6. The lowest BCUT2D eigenvalue weighted by Gasteiger charge is -2.12. The fraction of sp³-hybridized carbons (Fsp3) is 0.0833. The number of nitrogens with one attached hydrogen (secondary N) is 1. The van der Waals surface area contributed by atoms with Crippen molar-refractivity contribution in [2.24, 2.45) is 0 Å². The van der Waals surface area contributed by atoms with Crippen LogP contribution in [0.25, 0.3) is 22.2 Å². The Morgan fingerprint density at radius 2 is 1.68 bits per heavy atom. The molecule has 28 heavy (non-hydrogen) atoms. The molecule has 0 radical (unpaired) electrons. The van der Waals surface area contributed by atoms with Crippen LogP contribution in [0.1, 0.15) is 15.9 Å². The third kappa shape index (κ3) is 3.58. The summed E-state index contributed by atoms with van der Waals surface area (Å²) in [5.41, 5.74) is 4.92. The van der Waals surface area contributed by atoms with Crippen LogP contribution in [0.3, 0.4) is 0 Å². The van der Waals surface area contributed by atoms with Crippen LogP contribution in [0, 0.1) is 6.92 Å². The summed E-state index contributed by atoms with van der Waals surface area (Å²) in [6, 6.07) is 25.0. The van der Waals surface area contributed by atoms with Crippen LogP contribution in [0.5, 0.6) is 5.75 Å². The Labute approximate surface area is 163 Å². The van der Waals surface area contributed by atoms with E-state index < -0.39 is 0 Å². The van der Waals surface area contributed by atoms with Gasteiger partial charge in [-0.1, -0.05) is 48.0 Å². The molecule has 0 aliphatic carbocycles. The standard InChI is InChI=1S/C24H20N2O2/c1-16-8-10-18(11-9-16)25-24(27)21-15-23(17-6-4-3-5-7-17)26-22-13-12-19(28-2)14-20(21)22/h3-15H,1-2H3,(H,25,27). The number of carbonyl (C=O) groups excluding carboxylic acids is 1. The van der Waals surface area contributed by atoms with Gasteiger partial charge >= 0.3 is 0 Å². The Morgan fingerprint density at radius 3 is 2.39 bits per heavy atom. The number of aryl methyl sites for hydroxylation is 1. The highest BCUT2D eigenvalue weighted by Gasteiger charge is 2.15. The molecule has 0 saturated heterocycles. The molecule has 1 heterocycles. The molecule has 0 unspecified atom stereocenters. The van der Waals surface area contributed by atoms with Gasteiger partial charge in [-0.2, -0.15) is 0 Å². The Balaban J connectivity index is 1.83. The molecule has 3 aromatic carbocycles. The van der Waals surface area contributed by atoms with Crippen LogP contribution in [-0.2, 0) is 0 Å². The number of aromatic nitrogens is 1. The molecule has 4 rings (SSSR count). The molecule has 0 bridgehead atoms. The fourth-order valence-corrected chi connectivity index (χ4v) is 3.11. The Bertz CT molecular complexity index is 1140. The molecule has 0 atom stereocenters. The smallest absolute Gasteiger partial charge is 0.256 e. The van der Waals surface area contributed by atoms with E-state index in [0.717, 1.165) is 33.4 Å². The summed E-state index contributed by atoms with van der Waals surface area (Å²) in [6.45, 7) is 2.01. The van der Waals surface area contributed by atoms with E-state index in [1.807, 2.05) is 85.8 Å². The van der Waals surface area contributed by atoms with Gasteiger partial charge in [0.15, 0.2) is 0 Å². The number of pyridine rings is 1. The van der Waals surface area contributed by atoms with E-state index in [0.29, 0.717) is 11.3 Å². The maximum atomic E-state index is 13.1. The second-order valence-electron chi connectivity index (χ2n) is 6.62. The monoisotopic (exact) mass is 368 g/mol. The van der Waals surface area contributed by atoms with Crippen molar-refractivity contribution >= 4 is 22.5 Å². The molecule has 0 fully saturated rings. The molecular weight excluding hydrogens is 348 g/mol. The number of rotatable bonds is 4. The maximum absolute atomic E-state index is 13.1. The average Bonchev–Trinajstić information content (AvgIpc) is 2.74. The van der Waals surface area contributed by atoms with Gasteiger partial charge in [-0.05, 0) is 43.3 Å². The summed E-state index contributed by atoms with van der Waals surface area (Å²) < 4.78 is 5.34. The minimum atomic E-state index is -0.179. The molecule has 0 aliphatic rings. The van der Waals surface area contributed by atoms with Crippen molar-refractivity contribution in [3.8, 4) is 17.0 Å². The Morgan fingerprint density at radius 1 is 0.929 bits per heavy atom. The molecule has 0 spiro atoms. The van der Waals surface area contributed by atoms with Gasteiger partial charge < -0.3 is 10.1 Å². The van der Waals surface area contributed by atoms with Crippen LogP contribution < -0.4 is 10.1 Å². The van der Waals surface area contributed by atoms with E-state index in [2.05, 4.69) is 5.32 Å². The van der Waals surface area contributed by atoms with Gasteiger partial charge in [0.05, 0.1) is 23.9 Å². The van der Waals surface area contributed by atoms with Gasteiger partial charge in [-0.25, -0.2) is 4.98 Å². The number of amides is 1. The van der Waals surface area contributed by atoms with E-state index >= 15 is 0 Å². The highest BCUT2D eigenvalue weighted by atomic mass is 16.5. The average molecular weight is 368 g/mol. The summed E-state index contributed by atoms with van der Waals surface area (Å²) in [5.74, 6) is 0.507. The highest BCUT2D eigenvalue weighted by Crippen LogP contribution is 2.28. The zero-order chi connectivity index (χ0) is 19.5. The fourth-order valence-electron chi connectivity index (χ4n) is 3.11. The van der Waals surface area contributed by atoms with Gasteiger partial charge in [0.2, 0.25) is 0 Å². The Hall–Kier alpha value is -3.66. The van der Waals surface area contributed by atoms with Crippen LogP contribution >= 0.6 is 0 Å². The van der Waals surface area contributed by atoms with Gasteiger partial charge in [0.1, 0.15) is 5.75 Å². The minimum absolute atomic E-state index is 0.179. The van der Waals surface area contributed by atoms with E-state index in [-0.39, 0.29) is 5.91 Å². The van der Waals surface area contributed by atoms with Crippen molar-refractivity contribution in [2.45, 2.75) is 6.92 Å². The largest absolute Gasteiger partial charge is 0.497 e. The summed E-state index contributed by atoms with van der Waals surface area (Å²) in [4.78, 5) is 17.9. The minimum Gasteiger partial charge on any atom is -0.497 e. The third-order valence-electron chi connectivity index (χ3n) is 4.64. The van der Waals surface area contributed by atoms with Gasteiger partial charge in [0, 0.05) is 16.6 Å². The summed E-state index contributed by atoms with van der Waals surface area (Å²) in [7, 11) is 1.61. The quantitative estimate of drug-likeness (QED) is 0.519. The summed E-state index contributed by atoms with van der Waals surface area (Å²) in [6.07, 6.45) is 0. The van der Waals surface area contributed by atoms with Gasteiger partial charge in [0.25, 0.3) is 5.91 Å². The number of ether oxygens (including phenoxy) is 1. The highest BCUT2D eigenvalue weighted by molar-refractivity contribution is 6.13. The van der Waals surface area contributed by atoms with Gasteiger partial charge in [-0.15, -0.1) is 0 Å². The second kappa shape index (κ2) is 7.53. The van der Waals surface area contributed by atoms with E-state index in [4.69, 9.17) is 9.72 Å². The van der Waals surface area contributed by atoms with Crippen molar-refractivity contribution in [1.82, 2.24) is 4.98 Å². The van der Waals surface area contributed by atoms with Crippen LogP contribution in [-0.4, -0.2) is 18.0 Å². The lowest BCUT2D eigenvalue weighted by atomic mass is 10.0. The van der Waals surface area contributed by atoms with Crippen molar-refractivity contribution in [1.29, 1.82) is 0 Å². The zero-order valence-electron chi connectivity index (χ0n) is 15.8. The van der Waals surface area contributed by atoms with Crippen molar-refractivity contribution in [3.63, 3.8) is 0 Å². The van der Waals surface area contributed by atoms with Crippen LogP contribution in [0.4, 0.5) is 5.69 Å². The second-order valence-corrected chi connectivity index (χ2v) is 6.62. The lowest BCUT2D eigenvalue weighted by Crippen LogP contribution is -2.13. The molecule has 138 valence electrons. The molecule has 4 heteroatoms. The van der Waals surface area contributed by atoms with E-state index in [1.54, 1.807) is 7.11 Å². The summed E-state index contributed by atoms with van der Waals surface area (Å²) in [5, 5.41) is 3.74. The molecule has 0 aliphatic heterocycles. The van der Waals surface area contributed by atoms with Gasteiger partial charge in [-0.3, -0.25) is 4.79 Å². The predicted molar refractivity (Wildman–Crippen MR) is 113 cm³/mol. The number of benzene rings is 3. The SMILES string of the molecule is COc1ccc2nc(-c3ccccc3)cc(C(=O)Nc3ccc(C)cc3)c2c1. The number of fused-ring (bicyclic) bond motifs is 1. The molecule has 4 aromatic rings. The summed E-state index contributed by atoms with van der Waals surface area (Å²) >= 11 is 0. The molecule has 4 nitrogen and oxygen atoms in total. The number of anilines is 1. The number of carbonyl (C=O) groups is 1. The zero-order valence-corrected chi connectivity index (χ0v) is 15.8. The molecule has 0 saturated carbocycles. The number of methoxy groups -OCH3 is 1. The van der Waals surface area contributed by atoms with Crippen LogP contribution in [0.2, 0.25) is 0 Å². The maximum Gasteiger partial charge on any atom is 0.256 e. The first-order valence-electron chi connectivity index (χ1n) is 9.06. The molecule has 1 amide bonds. The molecular formula is C24H20N2O2. The normalized spacial score (nSPS) is 10.6. The Kier molecular flexibility index (Phi) is 4.77. The van der Waals surface area contributed by atoms with Crippen molar-refractivity contribution in [2.75, 3.05) is 12.4 Å². The lowest BCUT2D eigenvalue weighted by molar-refractivity contribution is 0.102. The topological polar surface area (TPSA) is 51.2 Å². The molecule has 1 aromatic heterocycles. The number of hydrogen-bond donors (Lipinski definition) is 1. The third-order valence-corrected chi connectivity index (χ3v) is 4.64. The van der Waals surface area contributed by atoms with Crippen molar-refractivity contribution < 1.29 is 9.53 Å². The van der Waals surface area contributed by atoms with E-state index in [1.165, 1.54) is 0 Å². The van der Waals surface area contributed by atoms with Crippen LogP contribution in [0.15, 0.2) is 78.9 Å². The van der Waals surface area contributed by atoms with E-state index in [9.17, 15) is 4.79 Å². The molecule has 1 N–H and O–H groups in total. The first-order valence-corrected chi connectivity index (χ1v) is 9.06. The first kappa shape index (κ1) is 17.7. The van der Waals surface area contributed by atoms with Crippen molar-refractivity contribution in [3.05, 3.63) is 90.0 Å². The number of nitrogens with zero attached hydrogens (tertiary/aromatic N) is 1.